The predicted octanol–water partition coefficient (Wildman–Crippen LogP) is 6.12. The summed E-state index contributed by atoms with van der Waals surface area (Å²) in [5, 5.41) is 2.90. The summed E-state index contributed by atoms with van der Waals surface area (Å²) in [5.74, 6) is 0.808. The van der Waals surface area contributed by atoms with Gasteiger partial charge in [-0.1, -0.05) is 102 Å². The average molecular weight is 563 g/mol. The molecule has 5 atom stereocenters. The molecule has 1 N–H and O–H groups in total. The topological polar surface area (TPSA) is 66.0 Å². The van der Waals surface area contributed by atoms with Crippen LogP contribution >= 0.6 is 46.6 Å². The maximum Gasteiger partial charge on any atom is 0.407 e. The molecular weight excluding hydrogens is 533 g/mol. The molecule has 0 saturated carbocycles. The van der Waals surface area contributed by atoms with Crippen molar-refractivity contribution in [2.75, 3.05) is 12.4 Å². The van der Waals surface area contributed by atoms with E-state index in [1.54, 1.807) is 11.8 Å². The van der Waals surface area contributed by atoms with Gasteiger partial charge >= 0.3 is 6.09 Å². The summed E-state index contributed by atoms with van der Waals surface area (Å²) in [6.07, 6.45) is -2.07. The molecule has 2 aromatic rings. The van der Waals surface area contributed by atoms with Crippen LogP contribution in [0.2, 0.25) is 0 Å². The Bertz CT molecular complexity index is 903. The number of hydrogen-bond acceptors (Lipinski definition) is 6. The van der Waals surface area contributed by atoms with Crippen molar-refractivity contribution in [1.82, 2.24) is 5.32 Å². The number of thioether (sulfide) groups is 1. The largest absolute Gasteiger partial charge is 0.445 e. The summed E-state index contributed by atoms with van der Waals surface area (Å²) in [4.78, 5) is 12.7. The molecule has 2 aromatic carbocycles. The van der Waals surface area contributed by atoms with Gasteiger partial charge in [0.2, 0.25) is 3.79 Å². The normalized spacial score (nSPS) is 24.7. The smallest absolute Gasteiger partial charge is 0.407 e. The van der Waals surface area contributed by atoms with Gasteiger partial charge in [-0.2, -0.15) is 0 Å². The molecule has 1 aliphatic heterocycles. The van der Waals surface area contributed by atoms with Gasteiger partial charge in [0, 0.05) is 0 Å². The lowest BCUT2D eigenvalue weighted by Gasteiger charge is -2.45. The summed E-state index contributed by atoms with van der Waals surface area (Å²) < 4.78 is 22.4. The lowest BCUT2D eigenvalue weighted by molar-refractivity contribution is -0.186. The first kappa shape index (κ1) is 28.4. The molecule has 1 heterocycles. The minimum Gasteiger partial charge on any atom is -0.445 e. The molecule has 3 rings (SSSR count). The number of nitrogens with one attached hydrogen (secondary N) is 1. The highest BCUT2D eigenvalue weighted by atomic mass is 35.6. The van der Waals surface area contributed by atoms with Crippen LogP contribution < -0.4 is 5.32 Å². The zero-order chi connectivity index (χ0) is 25.3. The van der Waals surface area contributed by atoms with E-state index in [1.165, 1.54) is 0 Å². The van der Waals surface area contributed by atoms with Crippen LogP contribution in [0, 0.1) is 0 Å². The molecule has 1 amide bonds. The molecule has 10 heteroatoms. The van der Waals surface area contributed by atoms with E-state index >= 15 is 0 Å². The Kier molecular flexibility index (Phi) is 11.3. The molecule has 1 saturated heterocycles. The van der Waals surface area contributed by atoms with E-state index in [9.17, 15) is 4.79 Å². The third kappa shape index (κ3) is 9.32. The van der Waals surface area contributed by atoms with Crippen molar-refractivity contribution in [2.45, 2.75) is 60.6 Å². The lowest BCUT2D eigenvalue weighted by Crippen LogP contribution is -2.64. The fourth-order valence-electron chi connectivity index (χ4n) is 3.76. The van der Waals surface area contributed by atoms with E-state index < -0.39 is 28.1 Å². The predicted molar refractivity (Wildman–Crippen MR) is 141 cm³/mol. The summed E-state index contributed by atoms with van der Waals surface area (Å²) >= 11 is 18.9. The number of carbonyl (C=O) groups excluding carboxylic acids is 1. The minimum atomic E-state index is -1.71. The Morgan fingerprint density at radius 2 is 1.51 bits per heavy atom. The molecule has 6 nitrogen and oxygen atoms in total. The van der Waals surface area contributed by atoms with Gasteiger partial charge in [-0.15, -0.1) is 11.8 Å². The van der Waals surface area contributed by atoms with Gasteiger partial charge in [0.1, 0.15) is 24.3 Å². The molecule has 192 valence electrons. The van der Waals surface area contributed by atoms with Crippen molar-refractivity contribution in [3.63, 3.8) is 0 Å². The second-order valence-electron chi connectivity index (χ2n) is 8.05. The maximum absolute atomic E-state index is 12.7. The number of carbonyl (C=O) groups is 1. The first-order chi connectivity index (χ1) is 16.8. The number of amides is 1. The molecule has 1 aliphatic rings. The zero-order valence-corrected chi connectivity index (χ0v) is 22.7. The Morgan fingerprint density at radius 1 is 0.971 bits per heavy atom. The fourth-order valence-corrected chi connectivity index (χ4v) is 4.94. The van der Waals surface area contributed by atoms with Gasteiger partial charge in [0.15, 0.2) is 0 Å². The average Bonchev–Trinajstić information content (AvgIpc) is 2.83. The third-order valence-electron chi connectivity index (χ3n) is 5.34. The van der Waals surface area contributed by atoms with E-state index in [-0.39, 0.29) is 18.1 Å². The maximum atomic E-state index is 12.7. The van der Waals surface area contributed by atoms with Crippen molar-refractivity contribution in [2.24, 2.45) is 0 Å². The highest BCUT2D eigenvalue weighted by Gasteiger charge is 2.47. The van der Waals surface area contributed by atoms with Crippen LogP contribution in [0.5, 0.6) is 0 Å². The molecular formula is C25H30Cl3NO5S. The second kappa shape index (κ2) is 13.9. The molecule has 35 heavy (non-hydrogen) atoms. The van der Waals surface area contributed by atoms with Crippen molar-refractivity contribution in [3.8, 4) is 0 Å². The van der Waals surface area contributed by atoms with Gasteiger partial charge in [0.25, 0.3) is 0 Å². The Hall–Kier alpha value is -1.19. The number of alkyl carbamates (subject to hydrolysis) is 1. The van der Waals surface area contributed by atoms with Gasteiger partial charge < -0.3 is 24.3 Å². The molecule has 0 unspecified atom stereocenters. The molecule has 0 spiro atoms. The van der Waals surface area contributed by atoms with Crippen LogP contribution in [-0.4, -0.2) is 52.0 Å². The Balaban J connectivity index is 1.81. The summed E-state index contributed by atoms with van der Waals surface area (Å²) in [7, 11) is 0. The first-order valence-corrected chi connectivity index (χ1v) is 13.5. The summed E-state index contributed by atoms with van der Waals surface area (Å²) in [5.41, 5.74) is 1.68. The number of rotatable bonds is 10. The van der Waals surface area contributed by atoms with Crippen LogP contribution in [0.1, 0.15) is 25.0 Å². The lowest BCUT2D eigenvalue weighted by atomic mass is 9.97. The monoisotopic (exact) mass is 561 g/mol. The van der Waals surface area contributed by atoms with E-state index in [4.69, 9.17) is 53.8 Å². The molecule has 0 aliphatic carbocycles. The van der Waals surface area contributed by atoms with E-state index in [2.05, 4.69) is 5.32 Å². The Labute approximate surface area is 225 Å². The highest BCUT2D eigenvalue weighted by Crippen LogP contribution is 2.33. The van der Waals surface area contributed by atoms with Gasteiger partial charge in [-0.25, -0.2) is 4.79 Å². The minimum absolute atomic E-state index is 0.321. The van der Waals surface area contributed by atoms with Crippen LogP contribution in [0.25, 0.3) is 0 Å². The van der Waals surface area contributed by atoms with Crippen LogP contribution in [0.4, 0.5) is 4.79 Å². The number of ether oxygens (including phenoxy) is 4. The SMILES string of the molecule is CCS[C@@H]1O[C@H](C)[C@H](OCc2ccccc2)[C@H](NC(=O)OCC(Cl)(Cl)Cl)[C@H]1OCc1ccccc1. The van der Waals surface area contributed by atoms with Crippen LogP contribution in [0.15, 0.2) is 60.7 Å². The van der Waals surface area contributed by atoms with Crippen molar-refractivity contribution < 1.29 is 23.7 Å². The summed E-state index contributed by atoms with van der Waals surface area (Å²) in [6, 6.07) is 19.0. The van der Waals surface area contributed by atoms with E-state index in [0.29, 0.717) is 13.2 Å². The first-order valence-electron chi connectivity index (χ1n) is 11.3. The van der Waals surface area contributed by atoms with E-state index in [0.717, 1.165) is 16.9 Å². The Morgan fingerprint density at radius 3 is 2.03 bits per heavy atom. The van der Waals surface area contributed by atoms with Crippen molar-refractivity contribution in [1.29, 1.82) is 0 Å². The zero-order valence-electron chi connectivity index (χ0n) is 19.6. The van der Waals surface area contributed by atoms with Crippen LogP contribution in [-0.2, 0) is 32.2 Å². The molecule has 0 bridgehead atoms. The van der Waals surface area contributed by atoms with Crippen molar-refractivity contribution in [3.05, 3.63) is 71.8 Å². The van der Waals surface area contributed by atoms with Crippen molar-refractivity contribution >= 4 is 52.7 Å². The fraction of sp³-hybridized carbons (Fsp3) is 0.480. The van der Waals surface area contributed by atoms with E-state index in [1.807, 2.05) is 74.5 Å². The number of halogens is 3. The molecule has 0 radical (unpaired) electrons. The number of alkyl halides is 3. The third-order valence-corrected chi connectivity index (χ3v) is 6.71. The molecule has 1 fully saturated rings. The van der Waals surface area contributed by atoms with Crippen LogP contribution in [0.3, 0.4) is 0 Å². The second-order valence-corrected chi connectivity index (χ2v) is 11.9. The standard InChI is InChI=1S/C25H30Cl3NO5S/c1-3-35-23-22(32-15-19-12-8-5-9-13-19)20(29-24(30)33-16-25(26,27)28)21(17(2)34-23)31-14-18-10-6-4-7-11-18/h4-13,17,20-23H,3,14-16H2,1-2H3,(H,29,30)/t17-,20+,21+,22-,23+/m1/s1. The van der Waals surface area contributed by atoms with Gasteiger partial charge in [-0.05, 0) is 23.8 Å². The number of benzene rings is 2. The summed E-state index contributed by atoms with van der Waals surface area (Å²) in [6.45, 7) is 4.27. The number of hydrogen-bond donors (Lipinski definition) is 1. The van der Waals surface area contributed by atoms with Gasteiger partial charge in [-0.3, -0.25) is 0 Å². The van der Waals surface area contributed by atoms with Gasteiger partial charge in [0.05, 0.1) is 25.4 Å². The molecule has 0 aromatic heterocycles. The quantitative estimate of drug-likeness (QED) is 0.352. The highest BCUT2D eigenvalue weighted by molar-refractivity contribution is 7.99.